The van der Waals surface area contributed by atoms with Crippen LogP contribution in [0, 0.1) is 10.1 Å². The van der Waals surface area contributed by atoms with E-state index >= 15 is 0 Å². The van der Waals surface area contributed by atoms with Crippen LogP contribution < -0.4 is 14.8 Å². The minimum Gasteiger partial charge on any atom is -0.493 e. The second-order valence-corrected chi connectivity index (χ2v) is 4.74. The van der Waals surface area contributed by atoms with Crippen LogP contribution in [0.25, 0.3) is 0 Å². The summed E-state index contributed by atoms with van der Waals surface area (Å²) < 4.78 is 10.3. The lowest BCUT2D eigenvalue weighted by Crippen LogP contribution is -2.01. The maximum atomic E-state index is 11.4. The van der Waals surface area contributed by atoms with Crippen LogP contribution in [0.5, 0.6) is 11.5 Å². The molecule has 0 fully saturated rings. The summed E-state index contributed by atoms with van der Waals surface area (Å²) in [6, 6.07) is 9.37. The molecule has 120 valence electrons. The summed E-state index contributed by atoms with van der Waals surface area (Å²) in [5.41, 5.74) is 0.996. The molecule has 0 spiro atoms. The van der Waals surface area contributed by atoms with E-state index in [1.807, 2.05) is 0 Å². The third kappa shape index (κ3) is 3.57. The fraction of sp³-hybridized carbons (Fsp3) is 0.188. The van der Waals surface area contributed by atoms with Gasteiger partial charge in [-0.05, 0) is 31.2 Å². The average molecular weight is 316 g/mol. The maximum Gasteiger partial charge on any atom is 0.293 e. The van der Waals surface area contributed by atoms with Gasteiger partial charge >= 0.3 is 0 Å². The van der Waals surface area contributed by atoms with Crippen LogP contribution in [0.3, 0.4) is 0 Å². The van der Waals surface area contributed by atoms with Crippen LogP contribution in [0.2, 0.25) is 0 Å². The molecular formula is C16H16N2O5. The SMILES string of the molecule is COc1ccc(Nc2ccc(C(C)=O)cc2[N+](=O)[O-])cc1OC. The van der Waals surface area contributed by atoms with Gasteiger partial charge in [0.05, 0.1) is 19.1 Å². The first-order valence-corrected chi connectivity index (χ1v) is 6.74. The number of nitro groups is 1. The normalized spacial score (nSPS) is 10.0. The highest BCUT2D eigenvalue weighted by Gasteiger charge is 2.17. The Morgan fingerprint density at radius 2 is 1.78 bits per heavy atom. The molecule has 0 saturated carbocycles. The topological polar surface area (TPSA) is 90.7 Å². The van der Waals surface area contributed by atoms with Gasteiger partial charge < -0.3 is 14.8 Å². The van der Waals surface area contributed by atoms with Crippen molar-refractivity contribution in [2.45, 2.75) is 6.92 Å². The predicted molar refractivity (Wildman–Crippen MR) is 85.9 cm³/mol. The van der Waals surface area contributed by atoms with Crippen LogP contribution in [0.1, 0.15) is 17.3 Å². The first-order valence-electron chi connectivity index (χ1n) is 6.74. The number of anilines is 2. The Hall–Kier alpha value is -3.09. The van der Waals surface area contributed by atoms with Gasteiger partial charge in [-0.3, -0.25) is 14.9 Å². The predicted octanol–water partition coefficient (Wildman–Crippen LogP) is 3.56. The number of methoxy groups -OCH3 is 2. The molecule has 0 bridgehead atoms. The smallest absolute Gasteiger partial charge is 0.293 e. The van der Waals surface area contributed by atoms with Crippen molar-refractivity contribution < 1.29 is 19.2 Å². The summed E-state index contributed by atoms with van der Waals surface area (Å²) in [7, 11) is 3.03. The van der Waals surface area contributed by atoms with Gasteiger partial charge in [0, 0.05) is 23.4 Å². The summed E-state index contributed by atoms with van der Waals surface area (Å²) >= 11 is 0. The van der Waals surface area contributed by atoms with Gasteiger partial charge in [0.2, 0.25) is 0 Å². The molecule has 7 nitrogen and oxygen atoms in total. The fourth-order valence-electron chi connectivity index (χ4n) is 2.08. The standard InChI is InChI=1S/C16H16N2O5/c1-10(19)11-4-6-13(14(8-11)18(20)21)17-12-5-7-15(22-2)16(9-12)23-3/h4-9,17H,1-3H3. The summed E-state index contributed by atoms with van der Waals surface area (Å²) in [5.74, 6) is 0.825. The minimum atomic E-state index is -0.532. The number of Topliss-reactive ketones (excluding diaryl/α,β-unsaturated/α-hetero) is 1. The highest BCUT2D eigenvalue weighted by atomic mass is 16.6. The van der Waals surface area contributed by atoms with E-state index in [9.17, 15) is 14.9 Å². The molecule has 0 aromatic heterocycles. The van der Waals surface area contributed by atoms with Gasteiger partial charge in [-0.1, -0.05) is 0 Å². The lowest BCUT2D eigenvalue weighted by atomic mass is 10.1. The molecule has 2 aromatic carbocycles. The third-order valence-electron chi connectivity index (χ3n) is 3.26. The van der Waals surface area contributed by atoms with Gasteiger partial charge in [-0.15, -0.1) is 0 Å². The van der Waals surface area contributed by atoms with E-state index in [-0.39, 0.29) is 22.7 Å². The summed E-state index contributed by atoms with van der Waals surface area (Å²) in [6.45, 7) is 1.36. The number of hydrogen-bond donors (Lipinski definition) is 1. The number of carbonyl (C=O) groups excluding carboxylic acids is 1. The molecule has 0 heterocycles. The molecule has 23 heavy (non-hydrogen) atoms. The summed E-state index contributed by atoms with van der Waals surface area (Å²) in [5, 5.41) is 14.2. The quantitative estimate of drug-likeness (QED) is 0.498. The van der Waals surface area contributed by atoms with Crippen molar-refractivity contribution >= 4 is 22.8 Å². The van der Waals surface area contributed by atoms with Crippen LogP contribution in [-0.2, 0) is 0 Å². The zero-order chi connectivity index (χ0) is 17.0. The zero-order valence-corrected chi connectivity index (χ0v) is 13.0. The Kier molecular flexibility index (Phi) is 4.80. The maximum absolute atomic E-state index is 11.4. The molecule has 0 unspecified atom stereocenters. The molecular weight excluding hydrogens is 300 g/mol. The first kappa shape index (κ1) is 16.3. The molecule has 0 amide bonds. The van der Waals surface area contributed by atoms with Gasteiger partial charge in [-0.25, -0.2) is 0 Å². The van der Waals surface area contributed by atoms with Crippen molar-refractivity contribution in [3.05, 3.63) is 52.1 Å². The Bertz CT molecular complexity index is 758. The van der Waals surface area contributed by atoms with Crippen LogP contribution >= 0.6 is 0 Å². The number of nitrogens with zero attached hydrogens (tertiary/aromatic N) is 1. The highest BCUT2D eigenvalue weighted by Crippen LogP contribution is 2.33. The lowest BCUT2D eigenvalue weighted by Gasteiger charge is -2.12. The van der Waals surface area contributed by atoms with Gasteiger partial charge in [0.15, 0.2) is 17.3 Å². The van der Waals surface area contributed by atoms with Gasteiger partial charge in [0.1, 0.15) is 5.69 Å². The van der Waals surface area contributed by atoms with Crippen molar-refractivity contribution in [2.75, 3.05) is 19.5 Å². The molecule has 0 aliphatic heterocycles. The fourth-order valence-corrected chi connectivity index (χ4v) is 2.08. The molecule has 0 atom stereocenters. The van der Waals surface area contributed by atoms with Gasteiger partial charge in [-0.2, -0.15) is 0 Å². The van der Waals surface area contributed by atoms with E-state index < -0.39 is 4.92 Å². The molecule has 0 saturated heterocycles. The van der Waals surface area contributed by atoms with E-state index in [2.05, 4.69) is 5.32 Å². The lowest BCUT2D eigenvalue weighted by molar-refractivity contribution is -0.383. The monoisotopic (exact) mass is 316 g/mol. The molecule has 1 N–H and O–H groups in total. The second-order valence-electron chi connectivity index (χ2n) is 4.74. The minimum absolute atomic E-state index is 0.174. The van der Waals surface area contributed by atoms with Gasteiger partial charge in [0.25, 0.3) is 5.69 Å². The number of ketones is 1. The molecule has 0 aliphatic carbocycles. The van der Waals surface area contributed by atoms with Crippen molar-refractivity contribution in [3.8, 4) is 11.5 Å². The largest absolute Gasteiger partial charge is 0.493 e. The number of benzene rings is 2. The van der Waals surface area contributed by atoms with E-state index in [0.29, 0.717) is 17.2 Å². The van der Waals surface area contributed by atoms with Crippen LogP contribution in [-0.4, -0.2) is 24.9 Å². The molecule has 2 rings (SSSR count). The van der Waals surface area contributed by atoms with Crippen LogP contribution in [0.15, 0.2) is 36.4 Å². The number of nitrogens with one attached hydrogen (secondary N) is 1. The Labute approximate surface area is 133 Å². The summed E-state index contributed by atoms with van der Waals surface area (Å²) in [4.78, 5) is 22.1. The number of nitro benzene ring substituents is 1. The Morgan fingerprint density at radius 3 is 2.35 bits per heavy atom. The number of carbonyl (C=O) groups is 1. The third-order valence-corrected chi connectivity index (χ3v) is 3.26. The average Bonchev–Trinajstić information content (AvgIpc) is 2.54. The highest BCUT2D eigenvalue weighted by molar-refractivity contribution is 5.95. The van der Waals surface area contributed by atoms with E-state index in [0.717, 1.165) is 0 Å². The van der Waals surface area contributed by atoms with E-state index in [1.165, 1.54) is 33.3 Å². The molecule has 2 aromatic rings. The van der Waals surface area contributed by atoms with E-state index in [1.54, 1.807) is 24.3 Å². The van der Waals surface area contributed by atoms with Crippen molar-refractivity contribution in [2.24, 2.45) is 0 Å². The van der Waals surface area contributed by atoms with E-state index in [4.69, 9.17) is 9.47 Å². The Balaban J connectivity index is 2.40. The molecule has 7 heteroatoms. The number of hydrogen-bond acceptors (Lipinski definition) is 6. The zero-order valence-electron chi connectivity index (χ0n) is 13.0. The van der Waals surface area contributed by atoms with Crippen LogP contribution in [0.4, 0.5) is 17.1 Å². The number of ether oxygens (including phenoxy) is 2. The summed E-state index contributed by atoms with van der Waals surface area (Å²) in [6.07, 6.45) is 0. The molecule has 0 aliphatic rings. The van der Waals surface area contributed by atoms with Crippen molar-refractivity contribution in [1.29, 1.82) is 0 Å². The second kappa shape index (κ2) is 6.78. The van der Waals surface area contributed by atoms with Crippen molar-refractivity contribution in [1.82, 2.24) is 0 Å². The van der Waals surface area contributed by atoms with Crippen molar-refractivity contribution in [3.63, 3.8) is 0 Å². The number of rotatable bonds is 6. The molecule has 0 radical (unpaired) electrons. The first-order chi connectivity index (χ1) is 11.0. The Morgan fingerprint density at radius 1 is 1.09 bits per heavy atom.